The molecule has 24 heavy (non-hydrogen) atoms. The van der Waals surface area contributed by atoms with Crippen molar-refractivity contribution in [2.24, 2.45) is 5.92 Å². The maximum absolute atomic E-state index is 12.4. The normalized spacial score (nSPS) is 16.6. The van der Waals surface area contributed by atoms with E-state index in [2.05, 4.69) is 10.3 Å². The van der Waals surface area contributed by atoms with Gasteiger partial charge in [-0.05, 0) is 36.6 Å². The monoisotopic (exact) mass is 364 g/mol. The molecule has 1 aliphatic rings. The number of aromatic amines is 1. The van der Waals surface area contributed by atoms with Crippen LogP contribution in [-0.4, -0.2) is 16.7 Å². The molecule has 1 aromatic heterocycles. The second kappa shape index (κ2) is 6.42. The Morgan fingerprint density at radius 3 is 2.71 bits per heavy atom. The van der Waals surface area contributed by atoms with Gasteiger partial charge in [0, 0.05) is 22.7 Å². The van der Waals surface area contributed by atoms with Gasteiger partial charge in [0.2, 0.25) is 0 Å². The molecule has 2 aromatic rings. The van der Waals surface area contributed by atoms with Crippen LogP contribution in [0.15, 0.2) is 29.1 Å². The molecular weight excluding hydrogens is 351 g/mol. The maximum atomic E-state index is 12.4. The number of aromatic nitrogens is 1. The van der Waals surface area contributed by atoms with E-state index in [0.29, 0.717) is 39.8 Å². The number of hydrogen-bond donors (Lipinski definition) is 2. The number of ketones is 1. The van der Waals surface area contributed by atoms with E-state index in [-0.39, 0.29) is 17.3 Å². The van der Waals surface area contributed by atoms with Crippen LogP contribution < -0.4 is 10.9 Å². The Bertz CT molecular complexity index is 905. The van der Waals surface area contributed by atoms with E-state index in [1.807, 2.05) is 6.92 Å². The van der Waals surface area contributed by atoms with E-state index in [1.54, 1.807) is 12.1 Å². The van der Waals surface area contributed by atoms with E-state index in [4.69, 9.17) is 23.2 Å². The molecule has 1 amide bonds. The molecule has 0 radical (unpaired) electrons. The van der Waals surface area contributed by atoms with Gasteiger partial charge in [-0.2, -0.15) is 0 Å². The fourth-order valence-corrected chi connectivity index (χ4v) is 3.11. The summed E-state index contributed by atoms with van der Waals surface area (Å²) < 4.78 is 0. The molecule has 1 atom stereocenters. The molecule has 2 N–H and O–H groups in total. The van der Waals surface area contributed by atoms with Crippen LogP contribution in [0.3, 0.4) is 0 Å². The number of nitrogens with one attached hydrogen (secondary N) is 2. The predicted octanol–water partition coefficient (Wildman–Crippen LogP) is 3.70. The summed E-state index contributed by atoms with van der Waals surface area (Å²) >= 11 is 11.9. The summed E-state index contributed by atoms with van der Waals surface area (Å²) in [6.07, 6.45) is 1.01. The number of rotatable bonds is 2. The first-order valence-corrected chi connectivity index (χ1v) is 8.16. The zero-order valence-electron chi connectivity index (χ0n) is 12.8. The molecule has 1 aliphatic carbocycles. The number of pyridine rings is 1. The quantitative estimate of drug-likeness (QED) is 0.852. The van der Waals surface area contributed by atoms with Crippen LogP contribution in [0.1, 0.15) is 39.8 Å². The van der Waals surface area contributed by atoms with E-state index in [1.165, 1.54) is 12.1 Å². The summed E-state index contributed by atoms with van der Waals surface area (Å²) in [6.45, 7) is 1.95. The Balaban J connectivity index is 1.96. The Kier molecular flexibility index (Phi) is 4.47. The van der Waals surface area contributed by atoms with Crippen LogP contribution in [0.5, 0.6) is 0 Å². The number of halogens is 2. The fourth-order valence-electron chi connectivity index (χ4n) is 2.78. The van der Waals surface area contributed by atoms with Crippen LogP contribution >= 0.6 is 23.2 Å². The van der Waals surface area contributed by atoms with Crippen molar-refractivity contribution in [2.75, 3.05) is 5.32 Å². The molecule has 1 unspecified atom stereocenters. The van der Waals surface area contributed by atoms with E-state index < -0.39 is 11.5 Å². The summed E-state index contributed by atoms with van der Waals surface area (Å²) in [5.74, 6) is -0.546. The lowest BCUT2D eigenvalue weighted by molar-refractivity contribution is 0.0952. The molecule has 5 nitrogen and oxygen atoms in total. The van der Waals surface area contributed by atoms with Crippen molar-refractivity contribution in [1.82, 2.24) is 4.98 Å². The van der Waals surface area contributed by atoms with Crippen molar-refractivity contribution >= 4 is 40.6 Å². The zero-order valence-corrected chi connectivity index (χ0v) is 14.3. The molecular formula is C17H14Cl2N2O3. The van der Waals surface area contributed by atoms with Crippen LogP contribution in [0, 0.1) is 5.92 Å². The summed E-state index contributed by atoms with van der Waals surface area (Å²) in [6, 6.07) is 5.98. The number of hydrogen-bond acceptors (Lipinski definition) is 3. The molecule has 0 saturated heterocycles. The summed E-state index contributed by atoms with van der Waals surface area (Å²) in [4.78, 5) is 39.4. The number of fused-ring (bicyclic) bond motifs is 1. The number of anilines is 1. The topological polar surface area (TPSA) is 79.0 Å². The number of carbonyl (C=O) groups excluding carboxylic acids is 2. The van der Waals surface area contributed by atoms with Gasteiger partial charge in [0.05, 0.1) is 10.7 Å². The second-order valence-corrected chi connectivity index (χ2v) is 6.76. The van der Waals surface area contributed by atoms with Crippen molar-refractivity contribution in [3.8, 4) is 0 Å². The highest BCUT2D eigenvalue weighted by molar-refractivity contribution is 6.35. The largest absolute Gasteiger partial charge is 0.325 e. The number of carbonyl (C=O) groups is 2. The molecule has 124 valence electrons. The number of Topliss-reactive ketones (excluding diaryl/α,β-unsaturated/α-hetero) is 1. The van der Waals surface area contributed by atoms with Gasteiger partial charge in [0.25, 0.3) is 11.5 Å². The summed E-state index contributed by atoms with van der Waals surface area (Å²) in [7, 11) is 0. The lowest BCUT2D eigenvalue weighted by atomic mass is 9.86. The highest BCUT2D eigenvalue weighted by Gasteiger charge is 2.25. The van der Waals surface area contributed by atoms with Crippen molar-refractivity contribution in [3.05, 3.63) is 61.5 Å². The fraction of sp³-hybridized carbons (Fsp3) is 0.235. The van der Waals surface area contributed by atoms with Crippen LogP contribution in [-0.2, 0) is 6.42 Å². The van der Waals surface area contributed by atoms with E-state index >= 15 is 0 Å². The number of H-pyrrole nitrogens is 1. The van der Waals surface area contributed by atoms with Crippen molar-refractivity contribution in [3.63, 3.8) is 0 Å². The lowest BCUT2D eigenvalue weighted by Gasteiger charge is -2.20. The third kappa shape index (κ3) is 3.23. The first-order valence-electron chi connectivity index (χ1n) is 7.41. The van der Waals surface area contributed by atoms with Gasteiger partial charge in [-0.25, -0.2) is 0 Å². The van der Waals surface area contributed by atoms with Gasteiger partial charge in [-0.1, -0.05) is 30.1 Å². The molecule has 3 rings (SSSR count). The smallest absolute Gasteiger partial charge is 0.261 e. The minimum atomic E-state index is -0.644. The Morgan fingerprint density at radius 1 is 1.21 bits per heavy atom. The molecule has 0 bridgehead atoms. The molecule has 0 aliphatic heterocycles. The Morgan fingerprint density at radius 2 is 1.96 bits per heavy atom. The zero-order chi connectivity index (χ0) is 17.4. The van der Waals surface area contributed by atoms with E-state index in [9.17, 15) is 14.4 Å². The van der Waals surface area contributed by atoms with Gasteiger partial charge in [0.15, 0.2) is 5.78 Å². The SMILES string of the molecule is CC1CC(=O)c2cc(C(=O)Nc3cc(Cl)ccc3Cl)c(=O)[nH]c2C1. The van der Waals surface area contributed by atoms with Gasteiger partial charge in [-0.15, -0.1) is 0 Å². The minimum Gasteiger partial charge on any atom is -0.325 e. The van der Waals surface area contributed by atoms with E-state index in [0.717, 1.165) is 0 Å². The predicted molar refractivity (Wildman–Crippen MR) is 93.3 cm³/mol. The van der Waals surface area contributed by atoms with Gasteiger partial charge in [-0.3, -0.25) is 14.4 Å². The van der Waals surface area contributed by atoms with Crippen molar-refractivity contribution in [1.29, 1.82) is 0 Å². The van der Waals surface area contributed by atoms with Crippen LogP contribution in [0.4, 0.5) is 5.69 Å². The first-order chi connectivity index (χ1) is 11.3. The molecule has 1 aromatic carbocycles. The third-order valence-corrected chi connectivity index (χ3v) is 4.50. The third-order valence-electron chi connectivity index (χ3n) is 3.93. The van der Waals surface area contributed by atoms with Crippen LogP contribution in [0.25, 0.3) is 0 Å². The highest BCUT2D eigenvalue weighted by atomic mass is 35.5. The lowest BCUT2D eigenvalue weighted by Crippen LogP contribution is -2.29. The summed E-state index contributed by atoms with van der Waals surface area (Å²) in [5.41, 5.74) is 0.612. The van der Waals surface area contributed by atoms with Gasteiger partial charge >= 0.3 is 0 Å². The first kappa shape index (κ1) is 16.7. The maximum Gasteiger partial charge on any atom is 0.261 e. The highest BCUT2D eigenvalue weighted by Crippen LogP contribution is 2.26. The molecule has 0 saturated carbocycles. The molecule has 1 heterocycles. The Hall–Kier alpha value is -2.11. The standard InChI is InChI=1S/C17H14Cl2N2O3/c1-8-4-13-10(15(22)5-8)7-11(16(23)20-13)17(24)21-14-6-9(18)2-3-12(14)19/h2-3,6-8H,4-5H2,1H3,(H,20,23)(H,21,24). The van der Waals surface area contributed by atoms with Crippen LogP contribution in [0.2, 0.25) is 10.0 Å². The Labute approximate surface area is 148 Å². The average molecular weight is 365 g/mol. The second-order valence-electron chi connectivity index (χ2n) is 5.92. The summed E-state index contributed by atoms with van der Waals surface area (Å²) in [5, 5.41) is 3.25. The van der Waals surface area contributed by atoms with Gasteiger partial charge in [0.1, 0.15) is 5.56 Å². The molecule has 7 heteroatoms. The molecule has 0 fully saturated rings. The van der Waals surface area contributed by atoms with Crippen molar-refractivity contribution in [2.45, 2.75) is 19.8 Å². The minimum absolute atomic E-state index is 0.0742. The number of amides is 1. The van der Waals surface area contributed by atoms with Gasteiger partial charge < -0.3 is 10.3 Å². The number of benzene rings is 1. The van der Waals surface area contributed by atoms with Crippen molar-refractivity contribution < 1.29 is 9.59 Å². The molecule has 0 spiro atoms. The average Bonchev–Trinajstić information content (AvgIpc) is 2.50.